The molecule has 1 aromatic carbocycles. The van der Waals surface area contributed by atoms with Crippen molar-refractivity contribution in [3.05, 3.63) is 29.8 Å². The lowest BCUT2D eigenvalue weighted by atomic mass is 10.2. The molecule has 20 heavy (non-hydrogen) atoms. The maximum atomic E-state index is 12.3. The van der Waals surface area contributed by atoms with E-state index in [4.69, 9.17) is 0 Å². The second-order valence-corrected chi connectivity index (χ2v) is 8.09. The average molecular weight is 314 g/mol. The Morgan fingerprint density at radius 3 is 2.20 bits per heavy atom. The number of rotatable bonds is 3. The van der Waals surface area contributed by atoms with E-state index in [2.05, 4.69) is 0 Å². The summed E-state index contributed by atoms with van der Waals surface area (Å²) in [4.78, 5) is 14.3. The summed E-state index contributed by atoms with van der Waals surface area (Å²) in [6, 6.07) is 6.14. The second-order valence-electron chi connectivity index (χ2n) is 4.72. The minimum absolute atomic E-state index is 0.0286. The Morgan fingerprint density at radius 2 is 1.70 bits per heavy atom. The van der Waals surface area contributed by atoms with Gasteiger partial charge in [0.15, 0.2) is 0 Å². The van der Waals surface area contributed by atoms with E-state index < -0.39 is 10.0 Å². The predicted octanol–water partition coefficient (Wildman–Crippen LogP) is 1.13. The van der Waals surface area contributed by atoms with Crippen molar-refractivity contribution in [2.45, 2.75) is 4.90 Å². The zero-order valence-electron chi connectivity index (χ0n) is 11.6. The minimum atomic E-state index is -3.44. The number of hydrogen-bond acceptors (Lipinski definition) is 4. The van der Waals surface area contributed by atoms with Gasteiger partial charge in [-0.05, 0) is 24.3 Å². The third-order valence-electron chi connectivity index (χ3n) is 3.18. The zero-order valence-corrected chi connectivity index (χ0v) is 13.2. The summed E-state index contributed by atoms with van der Waals surface area (Å²) in [5, 5.41) is 0. The monoisotopic (exact) mass is 314 g/mol. The van der Waals surface area contributed by atoms with Crippen LogP contribution in [-0.2, 0) is 10.0 Å². The molecule has 1 heterocycles. The van der Waals surface area contributed by atoms with Gasteiger partial charge in [-0.2, -0.15) is 11.8 Å². The van der Waals surface area contributed by atoms with Crippen LogP contribution in [0.4, 0.5) is 0 Å². The molecule has 2 rings (SSSR count). The molecule has 1 aliphatic rings. The summed E-state index contributed by atoms with van der Waals surface area (Å²) in [6.45, 7) is 1.50. The first-order valence-corrected chi connectivity index (χ1v) is 8.92. The number of benzene rings is 1. The molecule has 0 atom stereocenters. The Labute approximate surface area is 124 Å². The van der Waals surface area contributed by atoms with Crippen LogP contribution >= 0.6 is 11.8 Å². The highest BCUT2D eigenvalue weighted by molar-refractivity contribution is 7.99. The van der Waals surface area contributed by atoms with Crippen LogP contribution in [0.3, 0.4) is 0 Å². The van der Waals surface area contributed by atoms with Gasteiger partial charge in [0, 0.05) is 44.3 Å². The zero-order chi connectivity index (χ0) is 14.8. The van der Waals surface area contributed by atoms with Gasteiger partial charge in [0.1, 0.15) is 0 Å². The molecule has 1 amide bonds. The van der Waals surface area contributed by atoms with Crippen LogP contribution in [0.1, 0.15) is 10.4 Å². The SMILES string of the molecule is CN(C)S(=O)(=O)c1ccc(C(=O)N2CCSCC2)cc1. The van der Waals surface area contributed by atoms with Crippen LogP contribution in [0.15, 0.2) is 29.2 Å². The summed E-state index contributed by atoms with van der Waals surface area (Å²) >= 11 is 1.84. The summed E-state index contributed by atoms with van der Waals surface area (Å²) in [5.41, 5.74) is 0.537. The topological polar surface area (TPSA) is 57.7 Å². The Hall–Kier alpha value is -1.05. The molecule has 7 heteroatoms. The maximum absolute atomic E-state index is 12.3. The number of nitrogens with zero attached hydrogens (tertiary/aromatic N) is 2. The molecule has 0 spiro atoms. The lowest BCUT2D eigenvalue weighted by Gasteiger charge is -2.26. The van der Waals surface area contributed by atoms with Crippen LogP contribution in [-0.4, -0.2) is 62.2 Å². The van der Waals surface area contributed by atoms with Gasteiger partial charge in [0.2, 0.25) is 10.0 Å². The fourth-order valence-electron chi connectivity index (χ4n) is 1.93. The lowest BCUT2D eigenvalue weighted by Crippen LogP contribution is -2.37. The number of hydrogen-bond donors (Lipinski definition) is 0. The van der Waals surface area contributed by atoms with Gasteiger partial charge in [0.25, 0.3) is 5.91 Å². The van der Waals surface area contributed by atoms with Gasteiger partial charge in [-0.3, -0.25) is 4.79 Å². The summed E-state index contributed by atoms with van der Waals surface area (Å²) in [5.74, 6) is 1.89. The molecule has 1 aliphatic heterocycles. The van der Waals surface area contributed by atoms with E-state index in [0.717, 1.165) is 28.9 Å². The lowest BCUT2D eigenvalue weighted by molar-refractivity contribution is 0.0772. The summed E-state index contributed by atoms with van der Waals surface area (Å²) in [6.07, 6.45) is 0. The molecule has 0 bridgehead atoms. The van der Waals surface area contributed by atoms with Crippen molar-refractivity contribution in [3.63, 3.8) is 0 Å². The molecular formula is C13H18N2O3S2. The first kappa shape index (κ1) is 15.3. The van der Waals surface area contributed by atoms with Crippen molar-refractivity contribution in [3.8, 4) is 0 Å². The molecular weight excluding hydrogens is 296 g/mol. The third-order valence-corrected chi connectivity index (χ3v) is 5.95. The van der Waals surface area contributed by atoms with Crippen molar-refractivity contribution in [2.24, 2.45) is 0 Å². The third kappa shape index (κ3) is 3.16. The molecule has 0 unspecified atom stereocenters. The first-order chi connectivity index (χ1) is 9.43. The molecule has 1 fully saturated rings. The molecule has 1 aromatic rings. The van der Waals surface area contributed by atoms with Crippen molar-refractivity contribution >= 4 is 27.7 Å². The summed E-state index contributed by atoms with van der Waals surface area (Å²) in [7, 11) is -0.467. The van der Waals surface area contributed by atoms with Crippen molar-refractivity contribution in [1.29, 1.82) is 0 Å². The van der Waals surface area contributed by atoms with Crippen LogP contribution in [0, 0.1) is 0 Å². The van der Waals surface area contributed by atoms with Gasteiger partial charge in [0.05, 0.1) is 4.90 Å². The smallest absolute Gasteiger partial charge is 0.253 e. The number of amides is 1. The van der Waals surface area contributed by atoms with Gasteiger partial charge < -0.3 is 4.90 Å². The quantitative estimate of drug-likeness (QED) is 0.839. The van der Waals surface area contributed by atoms with Crippen molar-refractivity contribution in [2.75, 3.05) is 38.7 Å². The predicted molar refractivity (Wildman–Crippen MR) is 80.5 cm³/mol. The summed E-state index contributed by atoms with van der Waals surface area (Å²) < 4.78 is 25.0. The fourth-order valence-corrected chi connectivity index (χ4v) is 3.73. The molecule has 0 saturated carbocycles. The van der Waals surface area contributed by atoms with Crippen LogP contribution in [0.5, 0.6) is 0 Å². The standard InChI is InChI=1S/C13H18N2O3S2/c1-14(2)20(17,18)12-5-3-11(4-6-12)13(16)15-7-9-19-10-8-15/h3-6H,7-10H2,1-2H3. The van der Waals surface area contributed by atoms with E-state index >= 15 is 0 Å². The van der Waals surface area contributed by atoms with E-state index in [1.807, 2.05) is 16.7 Å². The normalized spacial score (nSPS) is 16.4. The van der Waals surface area contributed by atoms with E-state index in [1.165, 1.54) is 26.2 Å². The number of sulfonamides is 1. The number of carbonyl (C=O) groups is 1. The largest absolute Gasteiger partial charge is 0.337 e. The Bertz CT molecular complexity index is 576. The van der Waals surface area contributed by atoms with E-state index in [0.29, 0.717) is 5.56 Å². The molecule has 5 nitrogen and oxygen atoms in total. The Kier molecular flexibility index (Phi) is 4.72. The number of carbonyl (C=O) groups excluding carboxylic acids is 1. The van der Waals surface area contributed by atoms with E-state index in [9.17, 15) is 13.2 Å². The van der Waals surface area contributed by atoms with Crippen LogP contribution < -0.4 is 0 Å². The molecule has 0 aliphatic carbocycles. The Morgan fingerprint density at radius 1 is 1.15 bits per heavy atom. The van der Waals surface area contributed by atoms with Gasteiger partial charge in [-0.25, -0.2) is 12.7 Å². The van der Waals surface area contributed by atoms with Gasteiger partial charge in [-0.15, -0.1) is 0 Å². The van der Waals surface area contributed by atoms with Crippen molar-refractivity contribution in [1.82, 2.24) is 9.21 Å². The first-order valence-electron chi connectivity index (χ1n) is 6.32. The highest BCUT2D eigenvalue weighted by Crippen LogP contribution is 2.17. The fraction of sp³-hybridized carbons (Fsp3) is 0.462. The average Bonchev–Trinajstić information content (AvgIpc) is 2.47. The van der Waals surface area contributed by atoms with Gasteiger partial charge in [-0.1, -0.05) is 0 Å². The second kappa shape index (κ2) is 6.15. The number of thioether (sulfide) groups is 1. The minimum Gasteiger partial charge on any atom is -0.337 e. The maximum Gasteiger partial charge on any atom is 0.253 e. The highest BCUT2D eigenvalue weighted by atomic mass is 32.2. The molecule has 0 radical (unpaired) electrons. The van der Waals surface area contributed by atoms with Crippen LogP contribution in [0.2, 0.25) is 0 Å². The highest BCUT2D eigenvalue weighted by Gasteiger charge is 2.20. The van der Waals surface area contributed by atoms with E-state index in [-0.39, 0.29) is 10.8 Å². The van der Waals surface area contributed by atoms with Crippen molar-refractivity contribution < 1.29 is 13.2 Å². The Balaban J connectivity index is 2.18. The van der Waals surface area contributed by atoms with Crippen LogP contribution in [0.25, 0.3) is 0 Å². The molecule has 0 aromatic heterocycles. The molecule has 110 valence electrons. The van der Waals surface area contributed by atoms with E-state index in [1.54, 1.807) is 12.1 Å². The molecule has 0 N–H and O–H groups in total. The van der Waals surface area contributed by atoms with Gasteiger partial charge >= 0.3 is 0 Å². The molecule has 1 saturated heterocycles.